The number of benzene rings is 2. The van der Waals surface area contributed by atoms with Crippen molar-refractivity contribution >= 4 is 43.4 Å². The fourth-order valence-corrected chi connectivity index (χ4v) is 8.31. The normalized spacial score (nSPS) is 19.5. The Hall–Kier alpha value is -1.40. The second-order valence-electron chi connectivity index (χ2n) is 10.9. The van der Waals surface area contributed by atoms with Gasteiger partial charge in [0, 0.05) is 38.3 Å². The van der Waals surface area contributed by atoms with Crippen molar-refractivity contribution in [1.82, 2.24) is 13.3 Å². The zero-order valence-electron chi connectivity index (χ0n) is 21.9. The zero-order chi connectivity index (χ0) is 27.7. The molecule has 0 bridgehead atoms. The third kappa shape index (κ3) is 7.21. The van der Waals surface area contributed by atoms with Gasteiger partial charge in [-0.25, -0.2) is 8.42 Å². The first kappa shape index (κ1) is 29.6. The Morgan fingerprint density at radius 2 is 1.45 bits per heavy atom. The molecule has 2 aromatic carbocycles. The van der Waals surface area contributed by atoms with Crippen LogP contribution in [0.1, 0.15) is 52.0 Å². The second kappa shape index (κ2) is 11.6. The smallest absolute Gasteiger partial charge is 0.292 e. The van der Waals surface area contributed by atoms with E-state index in [0.29, 0.717) is 28.6 Å². The number of piperidine rings is 2. The van der Waals surface area contributed by atoms with E-state index in [1.165, 1.54) is 16.4 Å². The highest BCUT2D eigenvalue weighted by atomic mass is 35.5. The lowest BCUT2D eigenvalue weighted by atomic mass is 9.87. The van der Waals surface area contributed by atoms with Crippen molar-refractivity contribution in [3.05, 3.63) is 58.1 Å². The maximum Gasteiger partial charge on any atom is 0.292 e. The molecule has 2 aromatic rings. The highest BCUT2D eigenvalue weighted by Gasteiger charge is 2.35. The van der Waals surface area contributed by atoms with Crippen LogP contribution in [-0.4, -0.2) is 64.4 Å². The van der Waals surface area contributed by atoms with Gasteiger partial charge in [-0.3, -0.25) is 0 Å². The summed E-state index contributed by atoms with van der Waals surface area (Å²) in [6.45, 7) is 8.29. The molecule has 12 heteroatoms. The third-order valence-electron chi connectivity index (χ3n) is 7.20. The number of hydrogen-bond donors (Lipinski definition) is 1. The molecule has 0 atom stereocenters. The minimum Gasteiger partial charge on any atom is -0.490 e. The lowest BCUT2D eigenvalue weighted by molar-refractivity contribution is 0.0585. The lowest BCUT2D eigenvalue weighted by Crippen LogP contribution is -2.52. The van der Waals surface area contributed by atoms with Crippen molar-refractivity contribution in [2.45, 2.75) is 68.9 Å². The summed E-state index contributed by atoms with van der Waals surface area (Å²) in [7, 11) is -8.42. The molecule has 2 fully saturated rings. The van der Waals surface area contributed by atoms with Crippen molar-refractivity contribution in [1.29, 1.82) is 0 Å². The fourth-order valence-electron chi connectivity index (χ4n) is 4.92. The predicted octanol–water partition coefficient (Wildman–Crippen LogP) is 4.82. The molecule has 2 aliphatic heterocycles. The van der Waals surface area contributed by atoms with Gasteiger partial charge in [-0.2, -0.15) is 12.7 Å². The van der Waals surface area contributed by atoms with E-state index in [2.05, 4.69) is 4.90 Å². The summed E-state index contributed by atoms with van der Waals surface area (Å²) < 4.78 is 60.7. The highest BCUT2D eigenvalue weighted by molar-refractivity contribution is 8.03. The summed E-state index contributed by atoms with van der Waals surface area (Å²) in [5, 5.41) is 0.953. The molecule has 210 valence electrons. The number of nitrogens with zero attached hydrogens (tertiary/aromatic N) is 2. The Morgan fingerprint density at radius 3 is 2.00 bits per heavy atom. The number of likely N-dealkylation sites (tertiary alicyclic amines) is 1. The van der Waals surface area contributed by atoms with Crippen LogP contribution < -0.4 is 8.86 Å². The molecular formula is C26H35Cl2N3O5S2. The second-order valence-corrected chi connectivity index (χ2v) is 15.4. The van der Waals surface area contributed by atoms with Gasteiger partial charge in [-0.05, 0) is 60.9 Å². The molecule has 1 N–H and O–H groups in total. The van der Waals surface area contributed by atoms with E-state index in [-0.39, 0.29) is 35.5 Å². The topological polar surface area (TPSA) is 96.0 Å². The lowest BCUT2D eigenvalue weighted by Gasteiger charge is -2.41. The van der Waals surface area contributed by atoms with Gasteiger partial charge in [0.05, 0.1) is 14.9 Å². The first-order valence-corrected chi connectivity index (χ1v) is 16.4. The molecule has 8 nitrogen and oxygen atoms in total. The fraction of sp³-hybridized carbons (Fsp3) is 0.538. The quantitative estimate of drug-likeness (QED) is 0.487. The summed E-state index contributed by atoms with van der Waals surface area (Å²) in [6, 6.07) is 11.8. The molecule has 38 heavy (non-hydrogen) atoms. The molecule has 0 radical (unpaired) electrons. The van der Waals surface area contributed by atoms with Crippen molar-refractivity contribution in [2.75, 3.05) is 26.2 Å². The van der Waals surface area contributed by atoms with Gasteiger partial charge in [0.25, 0.3) is 20.2 Å². The van der Waals surface area contributed by atoms with Crippen molar-refractivity contribution in [2.24, 2.45) is 0 Å². The summed E-state index contributed by atoms with van der Waals surface area (Å²) >= 11 is 12.1. The van der Waals surface area contributed by atoms with Crippen molar-refractivity contribution in [3.63, 3.8) is 0 Å². The number of hydrogen-bond acceptors (Lipinski definition) is 6. The molecular weight excluding hydrogens is 569 g/mol. The molecule has 0 spiro atoms. The van der Waals surface area contributed by atoms with Gasteiger partial charge in [0.2, 0.25) is 0 Å². The van der Waals surface area contributed by atoms with Crippen LogP contribution in [-0.2, 0) is 25.6 Å². The number of nitrogens with one attached hydrogen (secondary N) is 1. The van der Waals surface area contributed by atoms with Crippen molar-refractivity contribution < 1.29 is 21.6 Å². The Morgan fingerprint density at radius 1 is 0.842 bits per heavy atom. The minimum atomic E-state index is -4.22. The van der Waals surface area contributed by atoms with Gasteiger partial charge in [0.15, 0.2) is 0 Å². The van der Waals surface area contributed by atoms with Crippen molar-refractivity contribution in [3.8, 4) is 5.75 Å². The standard InChI is InChI=1S/C26H35Cl2N3O5S2/c1-26(2,3)19-4-7-23(8-5-19)37(32,33)29-38(34,35)31-16-10-20(11-17-31)30-14-12-21(13-15-30)36-22-6-9-24(27)25(28)18-22/h4-9,18,20-21,29H,10-17H2,1-3H3. The van der Waals surface area contributed by atoms with Gasteiger partial charge in [-0.15, -0.1) is 0 Å². The Bertz CT molecular complexity index is 1330. The van der Waals surface area contributed by atoms with Crippen LogP contribution in [0.4, 0.5) is 0 Å². The van der Waals surface area contributed by atoms with E-state index in [1.807, 2.05) is 31.0 Å². The largest absolute Gasteiger partial charge is 0.490 e. The van der Waals surface area contributed by atoms with Gasteiger partial charge in [0.1, 0.15) is 11.9 Å². The van der Waals surface area contributed by atoms with Gasteiger partial charge < -0.3 is 9.64 Å². The summed E-state index contributed by atoms with van der Waals surface area (Å²) in [5.41, 5.74) is 0.825. The maximum atomic E-state index is 12.9. The molecule has 2 saturated heterocycles. The van der Waals surface area contributed by atoms with Crippen LogP contribution in [0, 0.1) is 0 Å². The SMILES string of the molecule is CC(C)(C)c1ccc(S(=O)(=O)NS(=O)(=O)N2CCC(N3CCC(Oc4ccc(Cl)c(Cl)c4)CC3)CC2)cc1. The summed E-state index contributed by atoms with van der Waals surface area (Å²) in [4.78, 5) is 2.30. The first-order chi connectivity index (χ1) is 17.7. The Labute approximate surface area is 236 Å². The van der Waals surface area contributed by atoms with E-state index in [4.69, 9.17) is 27.9 Å². The number of halogens is 2. The van der Waals surface area contributed by atoms with Crippen LogP contribution in [0.5, 0.6) is 5.75 Å². The van der Waals surface area contributed by atoms with E-state index < -0.39 is 20.2 Å². The zero-order valence-corrected chi connectivity index (χ0v) is 25.0. The average Bonchev–Trinajstić information content (AvgIpc) is 2.86. The van der Waals surface area contributed by atoms with Crippen LogP contribution in [0.25, 0.3) is 0 Å². The maximum absolute atomic E-state index is 12.9. The monoisotopic (exact) mass is 603 g/mol. The summed E-state index contributed by atoms with van der Waals surface area (Å²) in [5.74, 6) is 0.698. The molecule has 2 heterocycles. The molecule has 0 unspecified atom stereocenters. The minimum absolute atomic E-state index is 0.0741. The van der Waals surface area contributed by atoms with E-state index in [1.54, 1.807) is 24.3 Å². The van der Waals surface area contributed by atoms with E-state index in [0.717, 1.165) is 31.5 Å². The predicted molar refractivity (Wildman–Crippen MR) is 151 cm³/mol. The molecule has 2 aliphatic rings. The number of rotatable bonds is 7. The van der Waals surface area contributed by atoms with Crippen LogP contribution in [0.2, 0.25) is 10.0 Å². The molecule has 0 amide bonds. The highest BCUT2D eigenvalue weighted by Crippen LogP contribution is 2.29. The Balaban J connectivity index is 1.28. The van der Waals surface area contributed by atoms with Gasteiger partial charge in [-0.1, -0.05) is 60.2 Å². The van der Waals surface area contributed by atoms with Crippen LogP contribution >= 0.6 is 23.2 Å². The number of sulfonamides is 1. The molecule has 0 aromatic heterocycles. The van der Waals surface area contributed by atoms with E-state index >= 15 is 0 Å². The Kier molecular flexibility index (Phi) is 9.03. The molecule has 0 saturated carbocycles. The summed E-state index contributed by atoms with van der Waals surface area (Å²) in [6.07, 6.45) is 3.06. The third-order valence-corrected chi connectivity index (χ3v) is 11.6. The molecule has 4 rings (SSSR count). The average molecular weight is 605 g/mol. The van der Waals surface area contributed by atoms with Crippen LogP contribution in [0.3, 0.4) is 0 Å². The number of ether oxygens (including phenoxy) is 1. The van der Waals surface area contributed by atoms with Gasteiger partial charge >= 0.3 is 0 Å². The molecule has 0 aliphatic carbocycles. The van der Waals surface area contributed by atoms with Crippen LogP contribution in [0.15, 0.2) is 47.4 Å². The first-order valence-electron chi connectivity index (χ1n) is 12.7. The van der Waals surface area contributed by atoms with E-state index in [9.17, 15) is 16.8 Å².